The summed E-state index contributed by atoms with van der Waals surface area (Å²) < 4.78 is 38.6. The molecule has 5 nitrogen and oxygen atoms in total. The normalized spacial score (nSPS) is 15.6. The van der Waals surface area contributed by atoms with Gasteiger partial charge in [-0.2, -0.15) is 0 Å². The van der Waals surface area contributed by atoms with Crippen LogP contribution in [0.3, 0.4) is 0 Å². The van der Waals surface area contributed by atoms with Gasteiger partial charge in [0.2, 0.25) is 15.9 Å². The number of para-hydroxylation sites is 1. The number of carbonyl (C=O) groups is 1. The van der Waals surface area contributed by atoms with E-state index in [4.69, 9.17) is 0 Å². The molecule has 0 spiro atoms. The summed E-state index contributed by atoms with van der Waals surface area (Å²) in [6.07, 6.45) is 4.16. The van der Waals surface area contributed by atoms with Gasteiger partial charge in [-0.1, -0.05) is 12.1 Å². The minimum absolute atomic E-state index is 0.0172. The summed E-state index contributed by atoms with van der Waals surface area (Å²) in [5.41, 5.74) is -0.0172. The van der Waals surface area contributed by atoms with E-state index in [1.165, 1.54) is 18.2 Å². The summed E-state index contributed by atoms with van der Waals surface area (Å²) in [6.45, 7) is 1.39. The molecule has 1 amide bonds. The largest absolute Gasteiger partial charge is 0.343 e. The van der Waals surface area contributed by atoms with Gasteiger partial charge in [0.1, 0.15) is 5.82 Å². The number of sulfonamides is 1. The average molecular weight is 328 g/mol. The van der Waals surface area contributed by atoms with Crippen LogP contribution in [0.5, 0.6) is 0 Å². The summed E-state index contributed by atoms with van der Waals surface area (Å²) in [5, 5.41) is 0. The number of halogens is 1. The third-order valence-corrected chi connectivity index (χ3v) is 4.94. The van der Waals surface area contributed by atoms with E-state index < -0.39 is 15.8 Å². The van der Waals surface area contributed by atoms with Crippen LogP contribution in [-0.2, 0) is 14.8 Å². The molecule has 1 aromatic rings. The molecule has 1 aliphatic rings. The molecule has 0 unspecified atom stereocenters. The fourth-order valence-electron chi connectivity index (χ4n) is 2.62. The smallest absolute Gasteiger partial charge is 0.232 e. The van der Waals surface area contributed by atoms with Crippen molar-refractivity contribution in [3.05, 3.63) is 30.1 Å². The summed E-state index contributed by atoms with van der Waals surface area (Å²) in [4.78, 5) is 13.9. The molecule has 0 aromatic heterocycles. The molecule has 1 aromatic carbocycles. The molecular weight excluding hydrogens is 307 g/mol. The second-order valence-electron chi connectivity index (χ2n) is 5.48. The molecule has 22 heavy (non-hydrogen) atoms. The Kier molecular flexibility index (Phi) is 5.39. The van der Waals surface area contributed by atoms with Crippen LogP contribution >= 0.6 is 0 Å². The van der Waals surface area contributed by atoms with E-state index in [2.05, 4.69) is 0 Å². The van der Waals surface area contributed by atoms with Crippen LogP contribution in [0, 0.1) is 5.82 Å². The van der Waals surface area contributed by atoms with Crippen molar-refractivity contribution >= 4 is 21.6 Å². The minimum Gasteiger partial charge on any atom is -0.343 e. The van der Waals surface area contributed by atoms with Crippen molar-refractivity contribution in [3.63, 3.8) is 0 Å². The van der Waals surface area contributed by atoms with Crippen LogP contribution in [0.4, 0.5) is 10.1 Å². The Balaban J connectivity index is 2.08. The standard InChI is InChI=1S/C15H21FN2O3S/c1-22(20,21)18(14-8-4-3-7-13(14)16)12-9-15(19)17-10-5-2-6-11-17/h3-4,7-8H,2,5-6,9-12H2,1H3. The maximum atomic E-state index is 13.8. The zero-order valence-corrected chi connectivity index (χ0v) is 13.5. The van der Waals surface area contributed by atoms with Crippen molar-refractivity contribution in [1.82, 2.24) is 4.90 Å². The van der Waals surface area contributed by atoms with Crippen molar-refractivity contribution in [1.29, 1.82) is 0 Å². The SMILES string of the molecule is CS(=O)(=O)N(CCC(=O)N1CCCCC1)c1ccccc1F. The van der Waals surface area contributed by atoms with Crippen LogP contribution in [0.25, 0.3) is 0 Å². The van der Waals surface area contributed by atoms with Crippen molar-refractivity contribution < 1.29 is 17.6 Å². The van der Waals surface area contributed by atoms with E-state index in [9.17, 15) is 17.6 Å². The van der Waals surface area contributed by atoms with Gasteiger partial charge in [-0.3, -0.25) is 9.10 Å². The van der Waals surface area contributed by atoms with E-state index in [0.717, 1.165) is 42.9 Å². The lowest BCUT2D eigenvalue weighted by atomic mass is 10.1. The van der Waals surface area contributed by atoms with Gasteiger partial charge < -0.3 is 4.90 Å². The molecule has 0 saturated carbocycles. The Labute approximate surface area is 130 Å². The van der Waals surface area contributed by atoms with Crippen LogP contribution in [-0.4, -0.2) is 45.1 Å². The predicted molar refractivity (Wildman–Crippen MR) is 83.6 cm³/mol. The Bertz CT molecular complexity index is 627. The number of hydrogen-bond donors (Lipinski definition) is 0. The highest BCUT2D eigenvalue weighted by Crippen LogP contribution is 2.22. The summed E-state index contributed by atoms with van der Waals surface area (Å²) in [7, 11) is -3.64. The summed E-state index contributed by atoms with van der Waals surface area (Å²) in [6, 6.07) is 5.68. The van der Waals surface area contributed by atoms with Crippen molar-refractivity contribution in [2.75, 3.05) is 30.2 Å². The first-order valence-electron chi connectivity index (χ1n) is 7.39. The molecule has 1 heterocycles. The molecule has 0 bridgehead atoms. The van der Waals surface area contributed by atoms with Crippen molar-refractivity contribution in [3.8, 4) is 0 Å². The van der Waals surface area contributed by atoms with Crippen LogP contribution in [0.2, 0.25) is 0 Å². The molecule has 2 rings (SSSR count). The molecule has 0 aliphatic carbocycles. The zero-order valence-electron chi connectivity index (χ0n) is 12.7. The second-order valence-corrected chi connectivity index (χ2v) is 7.38. The molecule has 0 radical (unpaired) electrons. The molecule has 0 N–H and O–H groups in total. The average Bonchev–Trinajstić information content (AvgIpc) is 2.48. The number of likely N-dealkylation sites (tertiary alicyclic amines) is 1. The van der Waals surface area contributed by atoms with Gasteiger partial charge >= 0.3 is 0 Å². The predicted octanol–water partition coefficient (Wildman–Crippen LogP) is 1.99. The number of rotatable bonds is 5. The summed E-state index contributed by atoms with van der Waals surface area (Å²) in [5.74, 6) is -0.692. The van der Waals surface area contributed by atoms with E-state index in [0.29, 0.717) is 0 Å². The van der Waals surface area contributed by atoms with Gasteiger partial charge in [0, 0.05) is 26.1 Å². The van der Waals surface area contributed by atoms with Gasteiger partial charge in [-0.15, -0.1) is 0 Å². The van der Waals surface area contributed by atoms with Crippen molar-refractivity contribution in [2.24, 2.45) is 0 Å². The lowest BCUT2D eigenvalue weighted by Gasteiger charge is -2.28. The third-order valence-electron chi connectivity index (χ3n) is 3.76. The van der Waals surface area contributed by atoms with Crippen LogP contribution in [0.1, 0.15) is 25.7 Å². The first-order valence-corrected chi connectivity index (χ1v) is 9.24. The quantitative estimate of drug-likeness (QED) is 0.830. The molecule has 122 valence electrons. The van der Waals surface area contributed by atoms with E-state index in [1.54, 1.807) is 11.0 Å². The topological polar surface area (TPSA) is 57.7 Å². The van der Waals surface area contributed by atoms with E-state index in [-0.39, 0.29) is 24.6 Å². The van der Waals surface area contributed by atoms with Crippen LogP contribution in [0.15, 0.2) is 24.3 Å². The third kappa shape index (κ3) is 4.19. The molecule has 1 saturated heterocycles. The molecule has 7 heteroatoms. The zero-order chi connectivity index (χ0) is 16.2. The fourth-order valence-corrected chi connectivity index (χ4v) is 3.55. The maximum absolute atomic E-state index is 13.8. The number of carbonyl (C=O) groups excluding carboxylic acids is 1. The first-order chi connectivity index (χ1) is 10.4. The monoisotopic (exact) mass is 328 g/mol. The Hall–Kier alpha value is -1.63. The van der Waals surface area contributed by atoms with Gasteiger partial charge in [-0.25, -0.2) is 12.8 Å². The number of hydrogen-bond acceptors (Lipinski definition) is 3. The fraction of sp³-hybridized carbons (Fsp3) is 0.533. The first kappa shape index (κ1) is 16.7. The highest BCUT2D eigenvalue weighted by Gasteiger charge is 2.23. The van der Waals surface area contributed by atoms with Gasteiger partial charge in [0.25, 0.3) is 0 Å². The molecule has 0 atom stereocenters. The van der Waals surface area contributed by atoms with Gasteiger partial charge in [-0.05, 0) is 31.4 Å². The maximum Gasteiger partial charge on any atom is 0.232 e. The minimum atomic E-state index is -3.64. The molecule has 1 fully saturated rings. The number of anilines is 1. The highest BCUT2D eigenvalue weighted by atomic mass is 32.2. The van der Waals surface area contributed by atoms with E-state index >= 15 is 0 Å². The Morgan fingerprint density at radius 1 is 1.23 bits per heavy atom. The van der Waals surface area contributed by atoms with Crippen molar-refractivity contribution in [2.45, 2.75) is 25.7 Å². The number of amides is 1. The van der Waals surface area contributed by atoms with Gasteiger partial charge in [0.05, 0.1) is 11.9 Å². The lowest BCUT2D eigenvalue weighted by Crippen LogP contribution is -2.39. The highest BCUT2D eigenvalue weighted by molar-refractivity contribution is 7.92. The number of nitrogens with zero attached hydrogens (tertiary/aromatic N) is 2. The Morgan fingerprint density at radius 2 is 1.86 bits per heavy atom. The second kappa shape index (κ2) is 7.09. The summed E-state index contributed by atoms with van der Waals surface area (Å²) >= 11 is 0. The van der Waals surface area contributed by atoms with Crippen LogP contribution < -0.4 is 4.31 Å². The van der Waals surface area contributed by atoms with E-state index in [1.807, 2.05) is 0 Å². The van der Waals surface area contributed by atoms with Gasteiger partial charge in [0.15, 0.2) is 0 Å². The Morgan fingerprint density at radius 3 is 2.45 bits per heavy atom. The number of benzene rings is 1. The molecule has 1 aliphatic heterocycles. The molecular formula is C15H21FN2O3S. The lowest BCUT2D eigenvalue weighted by molar-refractivity contribution is -0.131. The number of piperidine rings is 1.